The van der Waals surface area contributed by atoms with Gasteiger partial charge in [0.2, 0.25) is 0 Å². The summed E-state index contributed by atoms with van der Waals surface area (Å²) < 4.78 is 10.7. The van der Waals surface area contributed by atoms with Gasteiger partial charge >= 0.3 is 5.97 Å². The Balaban J connectivity index is 1.90. The summed E-state index contributed by atoms with van der Waals surface area (Å²) in [5.41, 5.74) is 0.955. The zero-order chi connectivity index (χ0) is 17.1. The summed E-state index contributed by atoms with van der Waals surface area (Å²) in [7, 11) is 1.68. The highest BCUT2D eigenvalue weighted by Gasteiger charge is 2.49. The molecule has 0 radical (unpaired) electrons. The molecule has 1 saturated heterocycles. The summed E-state index contributed by atoms with van der Waals surface area (Å²) in [5.74, 6) is -1.41. The van der Waals surface area contributed by atoms with E-state index in [1.165, 1.54) is 0 Å². The minimum atomic E-state index is -0.788. The highest BCUT2D eigenvalue weighted by Crippen LogP contribution is 2.39. The molecule has 5 unspecified atom stereocenters. The quantitative estimate of drug-likeness (QED) is 0.677. The number of nitrogens with one attached hydrogen (secondary N) is 1. The van der Waals surface area contributed by atoms with Gasteiger partial charge in [-0.25, -0.2) is 0 Å². The lowest BCUT2D eigenvalue weighted by atomic mass is 9.70. The molecule has 0 bridgehead atoms. The Morgan fingerprint density at radius 3 is 2.67 bits per heavy atom. The van der Waals surface area contributed by atoms with Crippen LogP contribution < -0.4 is 5.32 Å². The van der Waals surface area contributed by atoms with E-state index in [0.29, 0.717) is 6.42 Å². The number of hydrogen-bond donors (Lipinski definition) is 1. The molecule has 2 aliphatic rings. The second-order valence-electron chi connectivity index (χ2n) is 6.57. The maximum atomic E-state index is 13.1. The molecule has 5 nitrogen and oxygen atoms in total. The monoisotopic (exact) mass is 331 g/mol. The number of rotatable bonds is 4. The number of benzene rings is 1. The molecule has 24 heavy (non-hydrogen) atoms. The number of hydrogen-bond acceptors (Lipinski definition) is 5. The van der Waals surface area contributed by atoms with Gasteiger partial charge < -0.3 is 14.8 Å². The first-order valence-corrected chi connectivity index (χ1v) is 8.69. The van der Waals surface area contributed by atoms with Gasteiger partial charge in [0, 0.05) is 19.1 Å². The Morgan fingerprint density at radius 1 is 1.25 bits per heavy atom. The van der Waals surface area contributed by atoms with Crippen LogP contribution in [0.5, 0.6) is 0 Å². The number of esters is 1. The van der Waals surface area contributed by atoms with E-state index in [2.05, 4.69) is 5.32 Å². The number of Topliss-reactive ketones (excluding diaryl/α,β-unsaturated/α-hetero) is 1. The fourth-order valence-electron chi connectivity index (χ4n) is 4.02. The number of ketones is 1. The van der Waals surface area contributed by atoms with Gasteiger partial charge in [-0.3, -0.25) is 9.59 Å². The first-order valence-electron chi connectivity index (χ1n) is 8.69. The third-order valence-electron chi connectivity index (χ3n) is 5.23. The van der Waals surface area contributed by atoms with Crippen molar-refractivity contribution >= 4 is 11.8 Å². The summed E-state index contributed by atoms with van der Waals surface area (Å²) in [6.45, 7) is 2.04. The molecule has 0 amide bonds. The largest absolute Gasteiger partial charge is 0.465 e. The molecule has 3 rings (SSSR count). The van der Waals surface area contributed by atoms with Crippen molar-refractivity contribution in [3.05, 3.63) is 35.9 Å². The van der Waals surface area contributed by atoms with E-state index in [9.17, 15) is 9.59 Å². The van der Waals surface area contributed by atoms with E-state index in [1.54, 1.807) is 14.0 Å². The van der Waals surface area contributed by atoms with Crippen molar-refractivity contribution in [3.8, 4) is 0 Å². The Bertz CT molecular complexity index is 588. The Morgan fingerprint density at radius 2 is 2.00 bits per heavy atom. The van der Waals surface area contributed by atoms with Crippen LogP contribution in [-0.4, -0.2) is 37.6 Å². The van der Waals surface area contributed by atoms with Gasteiger partial charge in [0.1, 0.15) is 5.92 Å². The van der Waals surface area contributed by atoms with Crippen LogP contribution in [0.25, 0.3) is 0 Å². The van der Waals surface area contributed by atoms with Crippen molar-refractivity contribution in [2.45, 2.75) is 44.4 Å². The van der Waals surface area contributed by atoms with E-state index in [1.807, 2.05) is 30.3 Å². The standard InChI is InChI=1S/C19H25NO4/c1-3-24-19(22)16-17(12-7-5-4-6-8-12)20-15-10-9-13(23-2)11-14(15)18(16)21/h4-8,13-17,20H,3,9-11H2,1-2H3. The number of carbonyl (C=O) groups is 2. The molecule has 1 saturated carbocycles. The Kier molecular flexibility index (Phi) is 5.31. The molecular weight excluding hydrogens is 306 g/mol. The summed E-state index contributed by atoms with van der Waals surface area (Å²) in [5, 5.41) is 3.56. The first-order chi connectivity index (χ1) is 11.7. The highest BCUT2D eigenvalue weighted by atomic mass is 16.5. The molecule has 2 fully saturated rings. The summed E-state index contributed by atoms with van der Waals surface area (Å²) in [4.78, 5) is 25.6. The minimum Gasteiger partial charge on any atom is -0.465 e. The molecule has 1 aliphatic heterocycles. The number of methoxy groups -OCH3 is 1. The predicted molar refractivity (Wildman–Crippen MR) is 89.4 cm³/mol. The fraction of sp³-hybridized carbons (Fsp3) is 0.579. The van der Waals surface area contributed by atoms with Gasteiger partial charge in [-0.1, -0.05) is 30.3 Å². The summed E-state index contributed by atoms with van der Waals surface area (Å²) >= 11 is 0. The Hall–Kier alpha value is -1.72. The maximum absolute atomic E-state index is 13.1. The third-order valence-corrected chi connectivity index (χ3v) is 5.23. The molecule has 1 aromatic rings. The van der Waals surface area contributed by atoms with Crippen LogP contribution in [0.3, 0.4) is 0 Å². The number of ether oxygens (including phenoxy) is 2. The number of fused-ring (bicyclic) bond motifs is 1. The predicted octanol–water partition coefficient (Wildman–Crippen LogP) is 2.26. The van der Waals surface area contributed by atoms with Gasteiger partial charge in [-0.2, -0.15) is 0 Å². The summed E-state index contributed by atoms with van der Waals surface area (Å²) in [6, 6.07) is 9.48. The van der Waals surface area contributed by atoms with Crippen LogP contribution in [0.15, 0.2) is 30.3 Å². The number of piperidine rings is 1. The maximum Gasteiger partial charge on any atom is 0.318 e. The van der Waals surface area contributed by atoms with Gasteiger partial charge in [0.15, 0.2) is 5.78 Å². The van der Waals surface area contributed by atoms with Gasteiger partial charge in [0.05, 0.1) is 18.8 Å². The average molecular weight is 331 g/mol. The molecule has 0 spiro atoms. The van der Waals surface area contributed by atoms with Crippen molar-refractivity contribution in [2.75, 3.05) is 13.7 Å². The van der Waals surface area contributed by atoms with E-state index in [-0.39, 0.29) is 36.5 Å². The second kappa shape index (κ2) is 7.45. The summed E-state index contributed by atoms with van der Waals surface area (Å²) in [6.07, 6.45) is 2.58. The van der Waals surface area contributed by atoms with Crippen LogP contribution in [0.2, 0.25) is 0 Å². The molecule has 130 valence electrons. The molecular formula is C19H25NO4. The zero-order valence-electron chi connectivity index (χ0n) is 14.2. The van der Waals surface area contributed by atoms with Crippen LogP contribution >= 0.6 is 0 Å². The molecule has 5 atom stereocenters. The van der Waals surface area contributed by atoms with Crippen molar-refractivity contribution in [3.63, 3.8) is 0 Å². The highest BCUT2D eigenvalue weighted by molar-refractivity contribution is 6.02. The van der Waals surface area contributed by atoms with Crippen LogP contribution in [-0.2, 0) is 19.1 Å². The van der Waals surface area contributed by atoms with Crippen LogP contribution in [0.1, 0.15) is 37.8 Å². The van der Waals surface area contributed by atoms with Crippen molar-refractivity contribution in [1.82, 2.24) is 5.32 Å². The lowest BCUT2D eigenvalue weighted by Gasteiger charge is -2.44. The molecule has 1 heterocycles. The van der Waals surface area contributed by atoms with Gasteiger partial charge in [-0.15, -0.1) is 0 Å². The lowest BCUT2D eigenvalue weighted by Crippen LogP contribution is -2.58. The molecule has 5 heteroatoms. The van der Waals surface area contributed by atoms with Crippen molar-refractivity contribution in [1.29, 1.82) is 0 Å². The molecule has 0 aromatic heterocycles. The topological polar surface area (TPSA) is 64.6 Å². The van der Waals surface area contributed by atoms with E-state index in [0.717, 1.165) is 18.4 Å². The molecule has 1 aliphatic carbocycles. The average Bonchev–Trinajstić information content (AvgIpc) is 2.62. The molecule has 1 N–H and O–H groups in total. The second-order valence-corrected chi connectivity index (χ2v) is 6.57. The third kappa shape index (κ3) is 3.23. The van der Waals surface area contributed by atoms with Crippen molar-refractivity contribution in [2.24, 2.45) is 11.8 Å². The lowest BCUT2D eigenvalue weighted by molar-refractivity contribution is -0.158. The normalized spacial score (nSPS) is 32.9. The van der Waals surface area contributed by atoms with E-state index >= 15 is 0 Å². The van der Waals surface area contributed by atoms with Gasteiger partial charge in [0.25, 0.3) is 0 Å². The first kappa shape index (κ1) is 17.1. The van der Waals surface area contributed by atoms with Crippen LogP contribution in [0.4, 0.5) is 0 Å². The van der Waals surface area contributed by atoms with E-state index in [4.69, 9.17) is 9.47 Å². The SMILES string of the molecule is CCOC(=O)C1C(=O)C2CC(OC)CCC2NC1c1ccccc1. The fourth-order valence-corrected chi connectivity index (χ4v) is 4.02. The zero-order valence-corrected chi connectivity index (χ0v) is 14.2. The van der Waals surface area contributed by atoms with E-state index < -0.39 is 11.9 Å². The van der Waals surface area contributed by atoms with Crippen molar-refractivity contribution < 1.29 is 19.1 Å². The number of carbonyl (C=O) groups excluding carboxylic acids is 2. The smallest absolute Gasteiger partial charge is 0.318 e. The molecule has 1 aromatic carbocycles. The van der Waals surface area contributed by atoms with Gasteiger partial charge in [-0.05, 0) is 31.7 Å². The Labute approximate surface area is 142 Å². The minimum absolute atomic E-state index is 0.00666. The van der Waals surface area contributed by atoms with Crippen LogP contribution in [0, 0.1) is 11.8 Å².